The number of H-pyrrole nitrogens is 1. The molecule has 0 unspecified atom stereocenters. The van der Waals surface area contributed by atoms with E-state index in [1.54, 1.807) is 6.92 Å². The molecule has 2 aromatic heterocycles. The Hall–Kier alpha value is -2.22. The fourth-order valence-corrected chi connectivity index (χ4v) is 3.72. The number of aromatic nitrogens is 5. The molecule has 1 fully saturated rings. The predicted molar refractivity (Wildman–Crippen MR) is 87.0 cm³/mol. The van der Waals surface area contributed by atoms with Crippen LogP contribution in [0.1, 0.15) is 48.6 Å². The summed E-state index contributed by atoms with van der Waals surface area (Å²) in [6, 6.07) is 0.286. The molecule has 0 saturated heterocycles. The third kappa shape index (κ3) is 2.82. The zero-order chi connectivity index (χ0) is 16.7. The van der Waals surface area contributed by atoms with Gasteiger partial charge in [-0.1, -0.05) is 0 Å². The van der Waals surface area contributed by atoms with Gasteiger partial charge in [-0.3, -0.25) is 14.8 Å². The lowest BCUT2D eigenvalue weighted by atomic mass is 9.79. The van der Waals surface area contributed by atoms with Gasteiger partial charge in [0.15, 0.2) is 0 Å². The number of rotatable bonds is 4. The molecule has 2 aliphatic rings. The molecule has 8 nitrogen and oxygen atoms in total. The number of amides is 1. The van der Waals surface area contributed by atoms with Gasteiger partial charge < -0.3 is 9.88 Å². The van der Waals surface area contributed by atoms with E-state index in [1.165, 1.54) is 11.3 Å². The molecule has 4 rings (SSSR count). The van der Waals surface area contributed by atoms with Crippen molar-refractivity contribution < 1.29 is 4.79 Å². The Bertz CT molecular complexity index is 743. The second-order valence-electron chi connectivity index (χ2n) is 6.93. The normalized spacial score (nSPS) is 23.6. The van der Waals surface area contributed by atoms with Gasteiger partial charge in [-0.2, -0.15) is 5.10 Å². The van der Waals surface area contributed by atoms with E-state index in [-0.39, 0.29) is 11.9 Å². The van der Waals surface area contributed by atoms with Crippen molar-refractivity contribution in [3.8, 4) is 0 Å². The Labute approximate surface area is 140 Å². The zero-order valence-corrected chi connectivity index (χ0v) is 14.1. The Morgan fingerprint density at radius 3 is 3.04 bits per heavy atom. The Morgan fingerprint density at radius 1 is 1.42 bits per heavy atom. The first-order valence-corrected chi connectivity index (χ1v) is 8.49. The Balaban J connectivity index is 1.38. The molecular formula is C16H23N7O. The molecule has 128 valence electrons. The number of nitrogens with one attached hydrogen (secondary N) is 2. The molecule has 1 saturated carbocycles. The molecule has 0 aromatic carbocycles. The van der Waals surface area contributed by atoms with Gasteiger partial charge in [0.1, 0.15) is 11.6 Å². The van der Waals surface area contributed by atoms with Crippen LogP contribution in [0.5, 0.6) is 0 Å². The maximum atomic E-state index is 11.1. The van der Waals surface area contributed by atoms with Gasteiger partial charge in [-0.15, -0.1) is 10.2 Å². The largest absolute Gasteiger partial charge is 0.354 e. The first-order valence-electron chi connectivity index (χ1n) is 8.49. The van der Waals surface area contributed by atoms with Crippen LogP contribution in [0.2, 0.25) is 0 Å². The van der Waals surface area contributed by atoms with E-state index in [2.05, 4.69) is 35.2 Å². The molecule has 2 aromatic rings. The summed E-state index contributed by atoms with van der Waals surface area (Å²) in [4.78, 5) is 13.5. The lowest BCUT2D eigenvalue weighted by molar-refractivity contribution is -0.120. The van der Waals surface area contributed by atoms with Crippen molar-refractivity contribution in [1.29, 1.82) is 0 Å². The van der Waals surface area contributed by atoms with E-state index in [0.717, 1.165) is 50.5 Å². The number of carbonyl (C=O) groups is 1. The summed E-state index contributed by atoms with van der Waals surface area (Å²) in [5, 5.41) is 19.0. The molecule has 0 atom stereocenters. The van der Waals surface area contributed by atoms with Crippen LogP contribution >= 0.6 is 0 Å². The van der Waals surface area contributed by atoms with Gasteiger partial charge in [-0.05, 0) is 12.8 Å². The third-order valence-electron chi connectivity index (χ3n) is 5.15. The molecular weight excluding hydrogens is 306 g/mol. The number of carbonyl (C=O) groups excluding carboxylic acids is 1. The zero-order valence-electron chi connectivity index (χ0n) is 14.1. The van der Waals surface area contributed by atoms with Crippen LogP contribution in [-0.2, 0) is 31.4 Å². The minimum atomic E-state index is 0.0424. The standard InChI is InChI=1S/C16H23N7O/c1-10(24)18-13-5-11(6-13)16-21-20-15(22(16)2)9-23-4-3-14-12(8-23)7-17-19-14/h7,11,13H,3-6,8-9H2,1-2H3,(H,17,19)(H,18,24). The van der Waals surface area contributed by atoms with E-state index in [1.807, 2.05) is 13.2 Å². The van der Waals surface area contributed by atoms with Crippen LogP contribution in [0.4, 0.5) is 0 Å². The van der Waals surface area contributed by atoms with Crippen LogP contribution in [0, 0.1) is 0 Å². The number of nitrogens with zero attached hydrogens (tertiary/aromatic N) is 5. The molecule has 24 heavy (non-hydrogen) atoms. The van der Waals surface area contributed by atoms with E-state index in [0.29, 0.717) is 5.92 Å². The van der Waals surface area contributed by atoms with E-state index >= 15 is 0 Å². The molecule has 1 aliphatic carbocycles. The van der Waals surface area contributed by atoms with Crippen LogP contribution in [0.15, 0.2) is 6.20 Å². The summed E-state index contributed by atoms with van der Waals surface area (Å²) >= 11 is 0. The van der Waals surface area contributed by atoms with Crippen molar-refractivity contribution in [1.82, 2.24) is 35.2 Å². The third-order valence-corrected chi connectivity index (χ3v) is 5.15. The van der Waals surface area contributed by atoms with Gasteiger partial charge in [0.05, 0.1) is 12.7 Å². The van der Waals surface area contributed by atoms with Gasteiger partial charge in [0, 0.05) is 56.7 Å². The molecule has 2 N–H and O–H groups in total. The maximum Gasteiger partial charge on any atom is 0.217 e. The van der Waals surface area contributed by atoms with Gasteiger partial charge in [-0.25, -0.2) is 0 Å². The van der Waals surface area contributed by atoms with Crippen molar-refractivity contribution >= 4 is 5.91 Å². The molecule has 1 amide bonds. The first kappa shape index (κ1) is 15.3. The number of fused-ring (bicyclic) bond motifs is 1. The minimum absolute atomic E-state index is 0.0424. The van der Waals surface area contributed by atoms with Gasteiger partial charge in [0.2, 0.25) is 5.91 Å². The highest BCUT2D eigenvalue weighted by Crippen LogP contribution is 2.36. The molecule has 8 heteroatoms. The highest BCUT2D eigenvalue weighted by Gasteiger charge is 2.34. The van der Waals surface area contributed by atoms with Crippen LogP contribution in [-0.4, -0.2) is 48.4 Å². The second-order valence-corrected chi connectivity index (χ2v) is 6.93. The van der Waals surface area contributed by atoms with Crippen molar-refractivity contribution in [2.45, 2.75) is 51.2 Å². The van der Waals surface area contributed by atoms with Crippen molar-refractivity contribution in [3.63, 3.8) is 0 Å². The lowest BCUT2D eigenvalue weighted by Gasteiger charge is -2.34. The summed E-state index contributed by atoms with van der Waals surface area (Å²) in [6.45, 7) is 4.28. The summed E-state index contributed by atoms with van der Waals surface area (Å²) in [7, 11) is 2.05. The Kier molecular flexibility index (Phi) is 3.84. The lowest BCUT2D eigenvalue weighted by Crippen LogP contribution is -2.43. The van der Waals surface area contributed by atoms with E-state index in [9.17, 15) is 4.79 Å². The molecule has 3 heterocycles. The average molecular weight is 329 g/mol. The number of hydrogen-bond acceptors (Lipinski definition) is 5. The fourth-order valence-electron chi connectivity index (χ4n) is 3.72. The highest BCUT2D eigenvalue weighted by molar-refractivity contribution is 5.73. The van der Waals surface area contributed by atoms with E-state index < -0.39 is 0 Å². The monoisotopic (exact) mass is 329 g/mol. The minimum Gasteiger partial charge on any atom is -0.354 e. The van der Waals surface area contributed by atoms with Crippen molar-refractivity contribution in [2.24, 2.45) is 7.05 Å². The summed E-state index contributed by atoms with van der Waals surface area (Å²) < 4.78 is 2.12. The smallest absolute Gasteiger partial charge is 0.217 e. The fraction of sp³-hybridized carbons (Fsp3) is 0.625. The summed E-state index contributed by atoms with van der Waals surface area (Å²) in [6.07, 6.45) is 4.82. The van der Waals surface area contributed by atoms with Crippen LogP contribution in [0.25, 0.3) is 0 Å². The van der Waals surface area contributed by atoms with Crippen LogP contribution in [0.3, 0.4) is 0 Å². The number of aromatic amines is 1. The van der Waals surface area contributed by atoms with Gasteiger partial charge >= 0.3 is 0 Å². The molecule has 0 radical (unpaired) electrons. The Morgan fingerprint density at radius 2 is 2.25 bits per heavy atom. The quantitative estimate of drug-likeness (QED) is 0.851. The topological polar surface area (TPSA) is 91.7 Å². The average Bonchev–Trinajstić information content (AvgIpc) is 3.10. The molecule has 0 spiro atoms. The van der Waals surface area contributed by atoms with Crippen molar-refractivity contribution in [2.75, 3.05) is 6.54 Å². The molecule has 0 bridgehead atoms. The summed E-state index contributed by atoms with van der Waals surface area (Å²) in [5.74, 6) is 2.48. The number of hydrogen-bond donors (Lipinski definition) is 2. The van der Waals surface area contributed by atoms with Crippen LogP contribution < -0.4 is 5.32 Å². The maximum absolute atomic E-state index is 11.1. The first-order chi connectivity index (χ1) is 11.6. The summed E-state index contributed by atoms with van der Waals surface area (Å²) in [5.41, 5.74) is 2.53. The second kappa shape index (κ2) is 6.01. The SMILES string of the molecule is CC(=O)NC1CC(c2nnc(CN3CCc4[nH]ncc4C3)n2C)C1. The van der Waals surface area contributed by atoms with E-state index in [4.69, 9.17) is 0 Å². The predicted octanol–water partition coefficient (Wildman–Crippen LogP) is 0.479. The highest BCUT2D eigenvalue weighted by atomic mass is 16.1. The van der Waals surface area contributed by atoms with Crippen molar-refractivity contribution in [3.05, 3.63) is 29.1 Å². The van der Waals surface area contributed by atoms with Gasteiger partial charge in [0.25, 0.3) is 0 Å². The molecule has 1 aliphatic heterocycles.